The summed E-state index contributed by atoms with van der Waals surface area (Å²) in [6.07, 6.45) is 6.40. The van der Waals surface area contributed by atoms with E-state index in [9.17, 15) is 9.59 Å². The first-order valence-corrected chi connectivity index (χ1v) is 9.82. The Morgan fingerprint density at radius 1 is 1.00 bits per heavy atom. The molecule has 4 nitrogen and oxygen atoms in total. The van der Waals surface area contributed by atoms with Crippen LogP contribution in [-0.2, 0) is 9.59 Å². The molecule has 1 heterocycles. The van der Waals surface area contributed by atoms with Crippen LogP contribution in [0.15, 0.2) is 24.3 Å². The van der Waals surface area contributed by atoms with E-state index in [2.05, 4.69) is 4.90 Å². The Bertz CT molecular complexity index is 605. The third-order valence-electron chi connectivity index (χ3n) is 5.45. The zero-order valence-corrected chi connectivity index (χ0v) is 15.5. The number of hydrogen-bond acceptors (Lipinski definition) is 3. The van der Waals surface area contributed by atoms with Gasteiger partial charge in [-0.05, 0) is 31.0 Å². The van der Waals surface area contributed by atoms with Crippen molar-refractivity contribution >= 4 is 29.0 Å². The maximum atomic E-state index is 12.4. The van der Waals surface area contributed by atoms with Gasteiger partial charge in [0.25, 0.3) is 0 Å². The van der Waals surface area contributed by atoms with E-state index in [1.54, 1.807) is 0 Å². The molecule has 3 rings (SSSR count). The highest BCUT2D eigenvalue weighted by Crippen LogP contribution is 2.26. The van der Waals surface area contributed by atoms with Gasteiger partial charge >= 0.3 is 0 Å². The first kappa shape index (κ1) is 18.2. The van der Waals surface area contributed by atoms with E-state index in [4.69, 9.17) is 11.6 Å². The van der Waals surface area contributed by atoms with Crippen molar-refractivity contribution in [2.75, 3.05) is 31.1 Å². The quantitative estimate of drug-likeness (QED) is 0.797. The molecule has 1 saturated carbocycles. The predicted molar refractivity (Wildman–Crippen MR) is 101 cm³/mol. The minimum Gasteiger partial charge on any atom is -0.368 e. The normalized spacial score (nSPS) is 19.1. The lowest BCUT2D eigenvalue weighted by Crippen LogP contribution is -2.48. The van der Waals surface area contributed by atoms with Crippen molar-refractivity contribution in [3.63, 3.8) is 0 Å². The molecular formula is C20H27ClN2O2. The summed E-state index contributed by atoms with van der Waals surface area (Å²) in [6.45, 7) is 3.04. The molecule has 5 heteroatoms. The van der Waals surface area contributed by atoms with Crippen LogP contribution in [-0.4, -0.2) is 42.8 Å². The second-order valence-electron chi connectivity index (χ2n) is 7.15. The van der Waals surface area contributed by atoms with Crippen molar-refractivity contribution < 1.29 is 9.59 Å². The molecule has 25 heavy (non-hydrogen) atoms. The first-order chi connectivity index (χ1) is 12.1. The van der Waals surface area contributed by atoms with E-state index in [1.165, 1.54) is 6.42 Å². The molecule has 0 N–H and O–H groups in total. The number of anilines is 1. The highest BCUT2D eigenvalue weighted by molar-refractivity contribution is 6.30. The molecule has 0 atom stereocenters. The van der Waals surface area contributed by atoms with Gasteiger partial charge < -0.3 is 9.80 Å². The van der Waals surface area contributed by atoms with Gasteiger partial charge in [-0.3, -0.25) is 9.59 Å². The zero-order valence-electron chi connectivity index (χ0n) is 14.8. The van der Waals surface area contributed by atoms with Gasteiger partial charge in [0, 0.05) is 55.6 Å². The van der Waals surface area contributed by atoms with Gasteiger partial charge in [0.15, 0.2) is 0 Å². The van der Waals surface area contributed by atoms with E-state index in [1.807, 2.05) is 29.2 Å². The number of piperazine rings is 1. The number of rotatable bonds is 5. The number of amides is 1. The third-order valence-corrected chi connectivity index (χ3v) is 5.69. The molecule has 1 aliphatic carbocycles. The summed E-state index contributed by atoms with van der Waals surface area (Å²) in [5.74, 6) is 0.627. The van der Waals surface area contributed by atoms with Crippen LogP contribution in [0.3, 0.4) is 0 Å². The molecule has 0 bridgehead atoms. The number of benzene rings is 1. The summed E-state index contributed by atoms with van der Waals surface area (Å²) in [5.41, 5.74) is 1.10. The van der Waals surface area contributed by atoms with Crippen LogP contribution in [0.1, 0.15) is 44.9 Å². The van der Waals surface area contributed by atoms with Gasteiger partial charge in [-0.25, -0.2) is 0 Å². The molecule has 1 aliphatic heterocycles. The second kappa shape index (κ2) is 8.70. The summed E-state index contributed by atoms with van der Waals surface area (Å²) >= 11 is 6.05. The van der Waals surface area contributed by atoms with E-state index in [-0.39, 0.29) is 11.8 Å². The molecule has 2 fully saturated rings. The number of Topliss-reactive ketones (excluding diaryl/α,β-unsaturated/α-hetero) is 1. The summed E-state index contributed by atoms with van der Waals surface area (Å²) < 4.78 is 0. The van der Waals surface area contributed by atoms with Gasteiger partial charge in [-0.15, -0.1) is 0 Å². The van der Waals surface area contributed by atoms with E-state index < -0.39 is 0 Å². The van der Waals surface area contributed by atoms with Gasteiger partial charge in [0.05, 0.1) is 0 Å². The SMILES string of the molecule is O=C(CCC(=O)N1CCN(c2cccc(Cl)c2)CC1)C1CCCCC1. The fraction of sp³-hybridized carbons (Fsp3) is 0.600. The van der Waals surface area contributed by atoms with Crippen LogP contribution in [0.5, 0.6) is 0 Å². The van der Waals surface area contributed by atoms with Gasteiger partial charge in [-0.2, -0.15) is 0 Å². The Labute approximate surface area is 155 Å². The van der Waals surface area contributed by atoms with E-state index in [0.717, 1.165) is 49.5 Å². The second-order valence-corrected chi connectivity index (χ2v) is 7.59. The standard InChI is InChI=1S/C20H27ClN2O2/c21-17-7-4-8-18(15-17)22-11-13-23(14-12-22)20(25)10-9-19(24)16-5-2-1-3-6-16/h4,7-8,15-16H,1-3,5-6,9-14H2. The van der Waals surface area contributed by atoms with Crippen molar-refractivity contribution in [1.82, 2.24) is 4.90 Å². The molecule has 136 valence electrons. The lowest BCUT2D eigenvalue weighted by atomic mass is 9.85. The molecule has 0 radical (unpaired) electrons. The van der Waals surface area contributed by atoms with Crippen molar-refractivity contribution in [3.8, 4) is 0 Å². The van der Waals surface area contributed by atoms with E-state index in [0.29, 0.717) is 31.7 Å². The van der Waals surface area contributed by atoms with E-state index >= 15 is 0 Å². The molecule has 2 aliphatic rings. The molecule has 1 aromatic rings. The van der Waals surface area contributed by atoms with Crippen LogP contribution in [0, 0.1) is 5.92 Å². The van der Waals surface area contributed by atoms with Crippen LogP contribution >= 0.6 is 11.6 Å². The number of carbonyl (C=O) groups excluding carboxylic acids is 2. The van der Waals surface area contributed by atoms with Crippen molar-refractivity contribution in [3.05, 3.63) is 29.3 Å². The molecular weight excluding hydrogens is 336 g/mol. The first-order valence-electron chi connectivity index (χ1n) is 9.44. The average Bonchev–Trinajstić information content (AvgIpc) is 2.66. The summed E-state index contributed by atoms with van der Waals surface area (Å²) in [7, 11) is 0. The molecule has 0 unspecified atom stereocenters. The monoisotopic (exact) mass is 362 g/mol. The number of ketones is 1. The largest absolute Gasteiger partial charge is 0.368 e. The highest BCUT2D eigenvalue weighted by Gasteiger charge is 2.24. The van der Waals surface area contributed by atoms with Crippen LogP contribution < -0.4 is 4.90 Å². The molecule has 1 saturated heterocycles. The smallest absolute Gasteiger partial charge is 0.223 e. The fourth-order valence-electron chi connectivity index (χ4n) is 3.90. The van der Waals surface area contributed by atoms with Crippen molar-refractivity contribution in [2.45, 2.75) is 44.9 Å². The van der Waals surface area contributed by atoms with Gasteiger partial charge in [0.2, 0.25) is 5.91 Å². The molecule has 1 amide bonds. The van der Waals surface area contributed by atoms with Crippen LogP contribution in [0.2, 0.25) is 5.02 Å². The molecule has 1 aromatic carbocycles. The number of hydrogen-bond donors (Lipinski definition) is 0. The Kier molecular flexibility index (Phi) is 6.35. The predicted octanol–water partition coefficient (Wildman–Crippen LogP) is 3.92. The molecule has 0 spiro atoms. The summed E-state index contributed by atoms with van der Waals surface area (Å²) in [4.78, 5) is 28.8. The Hall–Kier alpha value is -1.55. The molecule has 0 aromatic heterocycles. The highest BCUT2D eigenvalue weighted by atomic mass is 35.5. The topological polar surface area (TPSA) is 40.6 Å². The zero-order chi connectivity index (χ0) is 17.6. The van der Waals surface area contributed by atoms with Gasteiger partial charge in [-0.1, -0.05) is 36.9 Å². The minimum absolute atomic E-state index is 0.120. The fourth-order valence-corrected chi connectivity index (χ4v) is 4.09. The maximum absolute atomic E-state index is 12.4. The third kappa shape index (κ3) is 4.97. The summed E-state index contributed by atoms with van der Waals surface area (Å²) in [6, 6.07) is 7.83. The van der Waals surface area contributed by atoms with Gasteiger partial charge in [0.1, 0.15) is 5.78 Å². The summed E-state index contributed by atoms with van der Waals surface area (Å²) in [5, 5.41) is 0.734. The average molecular weight is 363 g/mol. The Morgan fingerprint density at radius 2 is 1.72 bits per heavy atom. The van der Waals surface area contributed by atoms with Crippen LogP contribution in [0.25, 0.3) is 0 Å². The Balaban J connectivity index is 1.43. The lowest BCUT2D eigenvalue weighted by Gasteiger charge is -2.36. The van der Waals surface area contributed by atoms with Crippen molar-refractivity contribution in [2.24, 2.45) is 5.92 Å². The Morgan fingerprint density at radius 3 is 2.40 bits per heavy atom. The number of nitrogens with zero attached hydrogens (tertiary/aromatic N) is 2. The lowest BCUT2D eigenvalue weighted by molar-refractivity contribution is -0.134. The minimum atomic E-state index is 0.120. The van der Waals surface area contributed by atoms with Crippen LogP contribution in [0.4, 0.5) is 5.69 Å². The number of halogens is 1. The number of carbonyl (C=O) groups is 2. The van der Waals surface area contributed by atoms with Crippen molar-refractivity contribution in [1.29, 1.82) is 0 Å². The maximum Gasteiger partial charge on any atom is 0.223 e.